The number of rotatable bonds is 5. The Hall–Kier alpha value is -5.28. The minimum atomic E-state index is 0.863. The smallest absolute Gasteiger partial charge is 0.137 e. The molecule has 0 bridgehead atoms. The summed E-state index contributed by atoms with van der Waals surface area (Å²) in [6.45, 7) is 0. The number of fused-ring (bicyclic) bond motifs is 2. The van der Waals surface area contributed by atoms with Crippen molar-refractivity contribution in [2.24, 2.45) is 0 Å². The average molecular weight is 500 g/mol. The Kier molecular flexibility index (Phi) is 5.80. The number of anilines is 3. The molecule has 7 aromatic rings. The maximum atomic E-state index is 4.87. The van der Waals surface area contributed by atoms with Gasteiger partial charge in [0.1, 0.15) is 5.82 Å². The maximum absolute atomic E-state index is 4.87. The van der Waals surface area contributed by atoms with Gasteiger partial charge in [-0.2, -0.15) is 0 Å². The molecule has 0 N–H and O–H groups in total. The molecule has 0 aliphatic carbocycles. The number of hydrogen-bond donors (Lipinski definition) is 0. The lowest BCUT2D eigenvalue weighted by Crippen LogP contribution is -2.14. The lowest BCUT2D eigenvalue weighted by Gasteiger charge is -2.30. The van der Waals surface area contributed by atoms with E-state index in [1.54, 1.807) is 0 Å². The summed E-state index contributed by atoms with van der Waals surface area (Å²) in [7, 11) is 0. The Bertz CT molecular complexity index is 1840. The second-order valence-electron chi connectivity index (χ2n) is 9.44. The highest BCUT2D eigenvalue weighted by atomic mass is 15.2. The van der Waals surface area contributed by atoms with Gasteiger partial charge in [-0.05, 0) is 46.7 Å². The normalized spacial score (nSPS) is 11.1. The molecule has 0 saturated carbocycles. The predicted octanol–water partition coefficient (Wildman–Crippen LogP) is 9.59. The molecule has 184 valence electrons. The molecule has 0 atom stereocenters. The van der Waals surface area contributed by atoms with Crippen LogP contribution in [0, 0.1) is 0 Å². The van der Waals surface area contributed by atoms with E-state index in [0.29, 0.717) is 0 Å². The zero-order chi connectivity index (χ0) is 26.0. The van der Waals surface area contributed by atoms with Gasteiger partial charge in [-0.25, -0.2) is 4.98 Å². The first-order valence-electron chi connectivity index (χ1n) is 13.1. The molecule has 0 aliphatic heterocycles. The summed E-state index contributed by atoms with van der Waals surface area (Å²) in [5, 5.41) is 4.60. The van der Waals surface area contributed by atoms with Crippen LogP contribution in [0.3, 0.4) is 0 Å². The minimum absolute atomic E-state index is 0.863. The van der Waals surface area contributed by atoms with E-state index >= 15 is 0 Å². The van der Waals surface area contributed by atoms with Crippen molar-refractivity contribution in [2.75, 3.05) is 4.90 Å². The first kappa shape index (κ1) is 22.9. The first-order chi connectivity index (χ1) is 19.4. The molecule has 5 aromatic carbocycles. The van der Waals surface area contributed by atoms with Gasteiger partial charge in [0.2, 0.25) is 0 Å². The summed E-state index contributed by atoms with van der Waals surface area (Å²) in [4.78, 5) is 12.0. The Labute approximate surface area is 227 Å². The lowest BCUT2D eigenvalue weighted by molar-refractivity contribution is 1.19. The molecule has 3 heteroatoms. The number of nitrogens with zero attached hydrogens (tertiary/aromatic N) is 3. The topological polar surface area (TPSA) is 29.0 Å². The molecule has 39 heavy (non-hydrogen) atoms. The number of para-hydroxylation sites is 1. The summed E-state index contributed by atoms with van der Waals surface area (Å²) in [5.74, 6) is 0.863. The first-order valence-corrected chi connectivity index (χ1v) is 13.1. The summed E-state index contributed by atoms with van der Waals surface area (Å²) < 4.78 is 0. The van der Waals surface area contributed by atoms with Gasteiger partial charge in [-0.1, -0.05) is 109 Å². The van der Waals surface area contributed by atoms with Crippen molar-refractivity contribution >= 4 is 38.7 Å². The van der Waals surface area contributed by atoms with Gasteiger partial charge >= 0.3 is 0 Å². The van der Waals surface area contributed by atoms with Crippen LogP contribution in [0.1, 0.15) is 0 Å². The molecule has 0 saturated heterocycles. The number of hydrogen-bond acceptors (Lipinski definition) is 3. The zero-order valence-corrected chi connectivity index (χ0v) is 21.3. The van der Waals surface area contributed by atoms with E-state index in [2.05, 4.69) is 126 Å². The van der Waals surface area contributed by atoms with Crippen molar-refractivity contribution < 1.29 is 0 Å². The highest BCUT2D eigenvalue weighted by Crippen LogP contribution is 2.48. The second kappa shape index (κ2) is 9.88. The summed E-state index contributed by atoms with van der Waals surface area (Å²) in [5.41, 5.74) is 6.58. The minimum Gasteiger partial charge on any atom is -0.293 e. The van der Waals surface area contributed by atoms with E-state index in [0.717, 1.165) is 61.1 Å². The molecule has 3 nitrogen and oxygen atoms in total. The fourth-order valence-corrected chi connectivity index (χ4v) is 5.51. The number of pyridine rings is 2. The van der Waals surface area contributed by atoms with Crippen LogP contribution in [0.15, 0.2) is 152 Å². The SMILES string of the molecule is c1ccc(-c2ccccc2N(c2ccccn2)c2c3ccccc3c(-c3ccccn3)c3ccccc23)cc1. The van der Waals surface area contributed by atoms with Crippen molar-refractivity contribution in [3.63, 3.8) is 0 Å². The van der Waals surface area contributed by atoms with Crippen LogP contribution >= 0.6 is 0 Å². The van der Waals surface area contributed by atoms with E-state index in [-0.39, 0.29) is 0 Å². The van der Waals surface area contributed by atoms with Crippen molar-refractivity contribution in [2.45, 2.75) is 0 Å². The maximum Gasteiger partial charge on any atom is 0.137 e. The van der Waals surface area contributed by atoms with Gasteiger partial charge in [-0.3, -0.25) is 9.88 Å². The van der Waals surface area contributed by atoms with Gasteiger partial charge < -0.3 is 0 Å². The largest absolute Gasteiger partial charge is 0.293 e. The van der Waals surface area contributed by atoms with E-state index in [4.69, 9.17) is 9.97 Å². The summed E-state index contributed by atoms with van der Waals surface area (Å²) >= 11 is 0. The Morgan fingerprint density at radius 3 is 1.64 bits per heavy atom. The molecule has 2 heterocycles. The van der Waals surface area contributed by atoms with E-state index in [1.165, 1.54) is 0 Å². The Morgan fingerprint density at radius 2 is 1.00 bits per heavy atom. The van der Waals surface area contributed by atoms with Crippen molar-refractivity contribution in [3.8, 4) is 22.4 Å². The van der Waals surface area contributed by atoms with Crippen LogP contribution in [0.25, 0.3) is 43.9 Å². The third-order valence-electron chi connectivity index (χ3n) is 7.16. The Balaban J connectivity index is 1.63. The lowest BCUT2D eigenvalue weighted by atomic mass is 9.91. The van der Waals surface area contributed by atoms with Crippen LogP contribution in [0.5, 0.6) is 0 Å². The molecule has 0 amide bonds. The monoisotopic (exact) mass is 499 g/mol. The fraction of sp³-hybridized carbons (Fsp3) is 0. The molecular weight excluding hydrogens is 474 g/mol. The van der Waals surface area contributed by atoms with Crippen LogP contribution in [0.4, 0.5) is 17.2 Å². The Morgan fingerprint density at radius 1 is 0.436 bits per heavy atom. The highest BCUT2D eigenvalue weighted by Gasteiger charge is 2.24. The molecule has 2 aromatic heterocycles. The van der Waals surface area contributed by atoms with E-state index in [1.807, 2.05) is 30.6 Å². The number of benzene rings is 5. The van der Waals surface area contributed by atoms with E-state index < -0.39 is 0 Å². The molecule has 0 aliphatic rings. The number of aromatic nitrogens is 2. The molecule has 0 radical (unpaired) electrons. The van der Waals surface area contributed by atoms with Crippen molar-refractivity contribution in [3.05, 3.63) is 152 Å². The molecule has 7 rings (SSSR count). The molecule has 0 fully saturated rings. The van der Waals surface area contributed by atoms with Gasteiger partial charge in [-0.15, -0.1) is 0 Å². The van der Waals surface area contributed by atoms with Crippen molar-refractivity contribution in [1.82, 2.24) is 9.97 Å². The van der Waals surface area contributed by atoms with Crippen LogP contribution < -0.4 is 4.90 Å². The van der Waals surface area contributed by atoms with Crippen LogP contribution in [-0.4, -0.2) is 9.97 Å². The summed E-state index contributed by atoms with van der Waals surface area (Å²) in [6.07, 6.45) is 3.73. The zero-order valence-electron chi connectivity index (χ0n) is 21.3. The van der Waals surface area contributed by atoms with Crippen LogP contribution in [0.2, 0.25) is 0 Å². The predicted molar refractivity (Wildman–Crippen MR) is 163 cm³/mol. The second-order valence-corrected chi connectivity index (χ2v) is 9.44. The average Bonchev–Trinajstić information content (AvgIpc) is 3.02. The van der Waals surface area contributed by atoms with Gasteiger partial charge in [0, 0.05) is 34.3 Å². The molecule has 0 unspecified atom stereocenters. The van der Waals surface area contributed by atoms with Gasteiger partial charge in [0.15, 0.2) is 0 Å². The van der Waals surface area contributed by atoms with E-state index in [9.17, 15) is 0 Å². The van der Waals surface area contributed by atoms with Gasteiger partial charge in [0.25, 0.3) is 0 Å². The van der Waals surface area contributed by atoms with Gasteiger partial charge in [0.05, 0.1) is 17.1 Å². The third-order valence-corrected chi connectivity index (χ3v) is 7.16. The third kappa shape index (κ3) is 4.01. The fourth-order valence-electron chi connectivity index (χ4n) is 5.51. The molecular formula is C36H25N3. The quantitative estimate of drug-likeness (QED) is 0.221. The highest BCUT2D eigenvalue weighted by molar-refractivity contribution is 6.22. The standard InChI is InChI=1S/C36H25N3/c1-2-14-26(15-3-1)27-16-8-9-22-33(27)39(34-23-11-13-25-38-34)36-30-19-6-4-17-28(30)35(32-21-10-12-24-37-32)29-18-5-7-20-31(29)36/h1-25H. The van der Waals surface area contributed by atoms with Crippen LogP contribution in [-0.2, 0) is 0 Å². The summed E-state index contributed by atoms with van der Waals surface area (Å²) in [6, 6.07) is 48.6. The van der Waals surface area contributed by atoms with Crippen molar-refractivity contribution in [1.29, 1.82) is 0 Å². The molecule has 0 spiro atoms.